The van der Waals surface area contributed by atoms with Crippen LogP contribution in [-0.4, -0.2) is 13.4 Å². The Bertz CT molecular complexity index is 860. The van der Waals surface area contributed by atoms with E-state index in [1.807, 2.05) is 24.3 Å². The maximum atomic E-state index is 13.5. The molecule has 0 spiro atoms. The third-order valence-electron chi connectivity index (χ3n) is 2.71. The number of aromatic nitrogens is 1. The molecular formula is C13H10FN3O2S2. The summed E-state index contributed by atoms with van der Waals surface area (Å²) in [7, 11) is -4.00. The first-order chi connectivity index (χ1) is 10.1. The summed E-state index contributed by atoms with van der Waals surface area (Å²) in [5.74, 6) is -0.809. The lowest BCUT2D eigenvalue weighted by atomic mass is 10.3. The van der Waals surface area contributed by atoms with Crippen LogP contribution >= 0.6 is 11.3 Å². The van der Waals surface area contributed by atoms with E-state index < -0.39 is 20.7 Å². The van der Waals surface area contributed by atoms with E-state index in [1.54, 1.807) is 0 Å². The molecule has 21 heavy (non-hydrogen) atoms. The number of anilines is 1. The van der Waals surface area contributed by atoms with Crippen molar-refractivity contribution < 1.29 is 12.8 Å². The molecule has 5 nitrogen and oxygen atoms in total. The SMILES string of the molecule is O=S(=O)(NNc1nc2ccccc2s1)c1ccccc1F. The second kappa shape index (κ2) is 5.40. The number of hydrogen-bond donors (Lipinski definition) is 2. The minimum absolute atomic E-state index is 0.385. The third kappa shape index (κ3) is 2.87. The van der Waals surface area contributed by atoms with Crippen molar-refractivity contribution in [2.24, 2.45) is 0 Å². The van der Waals surface area contributed by atoms with Crippen molar-refractivity contribution in [3.05, 3.63) is 54.3 Å². The van der Waals surface area contributed by atoms with Gasteiger partial charge in [-0.2, -0.15) is 0 Å². The van der Waals surface area contributed by atoms with Crippen molar-refractivity contribution >= 4 is 36.7 Å². The van der Waals surface area contributed by atoms with Gasteiger partial charge in [-0.1, -0.05) is 35.6 Å². The van der Waals surface area contributed by atoms with Crippen LogP contribution in [0.3, 0.4) is 0 Å². The van der Waals surface area contributed by atoms with Gasteiger partial charge in [0.2, 0.25) is 0 Å². The Morgan fingerprint density at radius 3 is 2.52 bits per heavy atom. The number of halogens is 1. The van der Waals surface area contributed by atoms with E-state index in [2.05, 4.69) is 15.2 Å². The number of benzene rings is 2. The summed E-state index contributed by atoms with van der Waals surface area (Å²) in [6, 6.07) is 12.6. The molecule has 3 rings (SSSR count). The van der Waals surface area contributed by atoms with E-state index in [0.717, 1.165) is 16.3 Å². The van der Waals surface area contributed by atoms with Crippen LogP contribution in [0.15, 0.2) is 53.4 Å². The Morgan fingerprint density at radius 2 is 1.76 bits per heavy atom. The van der Waals surface area contributed by atoms with Crippen molar-refractivity contribution in [2.45, 2.75) is 4.90 Å². The van der Waals surface area contributed by atoms with E-state index >= 15 is 0 Å². The number of hydrazine groups is 1. The summed E-state index contributed by atoms with van der Waals surface area (Å²) in [5.41, 5.74) is 3.26. The highest BCUT2D eigenvalue weighted by atomic mass is 32.2. The van der Waals surface area contributed by atoms with Crippen molar-refractivity contribution in [1.82, 2.24) is 9.82 Å². The zero-order chi connectivity index (χ0) is 14.9. The molecule has 108 valence electrons. The van der Waals surface area contributed by atoms with E-state index in [0.29, 0.717) is 5.13 Å². The van der Waals surface area contributed by atoms with Gasteiger partial charge in [0.25, 0.3) is 10.0 Å². The lowest BCUT2D eigenvalue weighted by molar-refractivity contribution is 0.561. The minimum Gasteiger partial charge on any atom is -0.283 e. The molecule has 0 aliphatic heterocycles. The van der Waals surface area contributed by atoms with Gasteiger partial charge in [-0.05, 0) is 24.3 Å². The van der Waals surface area contributed by atoms with E-state index in [-0.39, 0.29) is 0 Å². The summed E-state index contributed by atoms with van der Waals surface area (Å²) in [4.78, 5) is 5.92. The van der Waals surface area contributed by atoms with Gasteiger partial charge in [-0.15, -0.1) is 4.83 Å². The number of nitrogens with one attached hydrogen (secondary N) is 2. The molecule has 0 radical (unpaired) electrons. The molecule has 8 heteroatoms. The molecule has 0 atom stereocenters. The fourth-order valence-corrected chi connectivity index (χ4v) is 3.56. The number of thiazole rings is 1. The van der Waals surface area contributed by atoms with Gasteiger partial charge < -0.3 is 0 Å². The van der Waals surface area contributed by atoms with Crippen molar-refractivity contribution in [3.63, 3.8) is 0 Å². The summed E-state index contributed by atoms with van der Waals surface area (Å²) in [6.45, 7) is 0. The molecule has 0 unspecified atom stereocenters. The molecule has 0 bridgehead atoms. The van der Waals surface area contributed by atoms with E-state index in [1.165, 1.54) is 29.5 Å². The van der Waals surface area contributed by atoms with Crippen molar-refractivity contribution in [3.8, 4) is 0 Å². The van der Waals surface area contributed by atoms with Crippen molar-refractivity contribution in [2.75, 3.05) is 5.43 Å². The molecule has 0 aliphatic rings. The predicted molar refractivity (Wildman–Crippen MR) is 80.0 cm³/mol. The van der Waals surface area contributed by atoms with Gasteiger partial charge >= 0.3 is 0 Å². The van der Waals surface area contributed by atoms with Crippen LogP contribution in [-0.2, 0) is 10.0 Å². The minimum atomic E-state index is -4.00. The van der Waals surface area contributed by atoms with Gasteiger partial charge in [0.15, 0.2) is 5.13 Å². The number of hydrogen-bond acceptors (Lipinski definition) is 5. The molecule has 3 aromatic rings. The van der Waals surface area contributed by atoms with Gasteiger partial charge in [-0.3, -0.25) is 5.43 Å². The Kier molecular flexibility index (Phi) is 3.58. The summed E-state index contributed by atoms with van der Waals surface area (Å²) < 4.78 is 38.4. The number of sulfonamides is 1. The summed E-state index contributed by atoms with van der Waals surface area (Å²) >= 11 is 1.29. The van der Waals surface area contributed by atoms with Crippen LogP contribution in [0.4, 0.5) is 9.52 Å². The maximum Gasteiger partial charge on any atom is 0.260 e. The Morgan fingerprint density at radius 1 is 1.05 bits per heavy atom. The predicted octanol–water partition coefficient (Wildman–Crippen LogP) is 2.74. The molecule has 0 fully saturated rings. The molecule has 2 aromatic carbocycles. The van der Waals surface area contributed by atoms with Crippen molar-refractivity contribution in [1.29, 1.82) is 0 Å². The molecule has 1 aromatic heterocycles. The molecule has 1 heterocycles. The second-order valence-corrected chi connectivity index (χ2v) is 6.83. The molecule has 0 saturated carbocycles. The second-order valence-electron chi connectivity index (χ2n) is 4.15. The Balaban J connectivity index is 1.82. The van der Waals surface area contributed by atoms with Crippen LogP contribution in [0.5, 0.6) is 0 Å². The Labute approximate surface area is 124 Å². The summed E-state index contributed by atoms with van der Waals surface area (Å²) in [5, 5.41) is 0.385. The first-order valence-corrected chi connectivity index (χ1v) is 8.24. The lowest BCUT2D eigenvalue weighted by Gasteiger charge is -2.07. The van der Waals surface area contributed by atoms with Gasteiger partial charge in [-0.25, -0.2) is 17.8 Å². The van der Waals surface area contributed by atoms with E-state index in [4.69, 9.17) is 0 Å². The molecule has 0 amide bonds. The van der Waals surface area contributed by atoms with Crippen LogP contribution < -0.4 is 10.3 Å². The lowest BCUT2D eigenvalue weighted by Crippen LogP contribution is -2.30. The number of rotatable bonds is 4. The molecule has 0 saturated heterocycles. The number of fused-ring (bicyclic) bond motifs is 1. The smallest absolute Gasteiger partial charge is 0.260 e. The summed E-state index contributed by atoms with van der Waals surface area (Å²) in [6.07, 6.45) is 0. The largest absolute Gasteiger partial charge is 0.283 e. The van der Waals surface area contributed by atoms with Gasteiger partial charge in [0.1, 0.15) is 10.7 Å². The molecule has 0 aliphatic carbocycles. The number of para-hydroxylation sites is 1. The fraction of sp³-hybridized carbons (Fsp3) is 0. The average Bonchev–Trinajstić information content (AvgIpc) is 2.88. The first-order valence-electron chi connectivity index (χ1n) is 5.94. The normalized spacial score (nSPS) is 11.7. The molecular weight excluding hydrogens is 313 g/mol. The van der Waals surface area contributed by atoms with Gasteiger partial charge in [0, 0.05) is 0 Å². The highest BCUT2D eigenvalue weighted by molar-refractivity contribution is 7.89. The highest BCUT2D eigenvalue weighted by Crippen LogP contribution is 2.25. The number of nitrogens with zero attached hydrogens (tertiary/aromatic N) is 1. The third-order valence-corrected chi connectivity index (χ3v) is 4.95. The average molecular weight is 323 g/mol. The maximum absolute atomic E-state index is 13.5. The first kappa shape index (κ1) is 13.9. The van der Waals surface area contributed by atoms with Crippen LogP contribution in [0.1, 0.15) is 0 Å². The zero-order valence-electron chi connectivity index (χ0n) is 10.6. The van der Waals surface area contributed by atoms with E-state index in [9.17, 15) is 12.8 Å². The van der Waals surface area contributed by atoms with Gasteiger partial charge in [0.05, 0.1) is 10.2 Å². The standard InChI is InChI=1S/C13H10FN3O2S2/c14-9-5-1-4-8-12(9)21(18,19)17-16-13-15-10-6-2-3-7-11(10)20-13/h1-8,17H,(H,15,16). The monoisotopic (exact) mass is 323 g/mol. The van der Waals surface area contributed by atoms with Crippen LogP contribution in [0, 0.1) is 5.82 Å². The van der Waals surface area contributed by atoms with Crippen LogP contribution in [0.25, 0.3) is 10.2 Å². The molecule has 2 N–H and O–H groups in total. The zero-order valence-corrected chi connectivity index (χ0v) is 12.2. The fourth-order valence-electron chi connectivity index (χ4n) is 1.75. The topological polar surface area (TPSA) is 71.1 Å². The highest BCUT2D eigenvalue weighted by Gasteiger charge is 2.18. The quantitative estimate of drug-likeness (QED) is 0.724. The van der Waals surface area contributed by atoms with Crippen LogP contribution in [0.2, 0.25) is 0 Å². The Hall–Kier alpha value is -2.03.